The number of imidazole rings is 1. The second-order valence-electron chi connectivity index (χ2n) is 10.8. The molecular formula is C45H70N4O4S. The summed E-state index contributed by atoms with van der Waals surface area (Å²) < 4.78 is 6.07. The zero-order chi connectivity index (χ0) is 40.1. The maximum Gasteiger partial charge on any atom is 0.300 e. The number of aliphatic carboxylic acids is 1. The molecule has 6 N–H and O–H groups in total. The number of para-hydroxylation sites is 1. The van der Waals surface area contributed by atoms with E-state index >= 15 is 0 Å². The number of aliphatic hydroxyl groups is 1. The van der Waals surface area contributed by atoms with Crippen LogP contribution in [-0.2, 0) is 4.79 Å². The quantitative estimate of drug-likeness (QED) is 0.0869. The van der Waals surface area contributed by atoms with Gasteiger partial charge in [0.05, 0.1) is 6.33 Å². The van der Waals surface area contributed by atoms with Crippen molar-refractivity contribution in [3.05, 3.63) is 149 Å². The first-order valence-electron chi connectivity index (χ1n) is 17.1. The highest BCUT2D eigenvalue weighted by Crippen LogP contribution is 2.38. The number of carboxylic acids is 1. The lowest BCUT2D eigenvalue weighted by atomic mass is 9.89. The normalized spacial score (nSPS) is 11.8. The van der Waals surface area contributed by atoms with E-state index in [2.05, 4.69) is 135 Å². The predicted octanol–water partition coefficient (Wildman–Crippen LogP) is 11.4. The van der Waals surface area contributed by atoms with E-state index in [1.165, 1.54) is 56.9 Å². The number of rotatable bonds is 0. The van der Waals surface area contributed by atoms with Gasteiger partial charge >= 0.3 is 0 Å². The number of hydrogen-bond acceptors (Lipinski definition) is 6. The fourth-order valence-electron chi connectivity index (χ4n) is 4.54. The van der Waals surface area contributed by atoms with Gasteiger partial charge in [-0.1, -0.05) is 113 Å². The highest BCUT2D eigenvalue weighted by Gasteiger charge is 2.25. The number of nitrogens with zero attached hydrogens (tertiary/aromatic N) is 1. The first kappa shape index (κ1) is 55.9. The van der Waals surface area contributed by atoms with Crippen LogP contribution in [0, 0.1) is 27.7 Å². The van der Waals surface area contributed by atoms with E-state index in [1.54, 1.807) is 18.8 Å². The van der Waals surface area contributed by atoms with Gasteiger partial charge in [0.25, 0.3) is 5.97 Å². The Kier molecular flexibility index (Phi) is 35.2. The Labute approximate surface area is 332 Å². The molecule has 9 heteroatoms. The number of carbonyl (C=O) groups is 1. The number of benzene rings is 3. The average molecular weight is 763 g/mol. The number of aromatic nitrogens is 3. The Morgan fingerprint density at radius 2 is 1.37 bits per heavy atom. The van der Waals surface area contributed by atoms with E-state index in [-0.39, 0.29) is 21.0 Å². The Morgan fingerprint density at radius 3 is 1.83 bits per heavy atom. The van der Waals surface area contributed by atoms with Crippen LogP contribution in [0.5, 0.6) is 5.75 Å². The lowest BCUT2D eigenvalue weighted by molar-refractivity contribution is -0.134. The molecule has 0 fully saturated rings. The summed E-state index contributed by atoms with van der Waals surface area (Å²) in [4.78, 5) is 18.8. The van der Waals surface area contributed by atoms with Gasteiger partial charge in [0.1, 0.15) is 11.9 Å². The van der Waals surface area contributed by atoms with Crippen LogP contribution in [0.15, 0.2) is 121 Å². The monoisotopic (exact) mass is 763 g/mol. The molecule has 1 unspecified atom stereocenters. The summed E-state index contributed by atoms with van der Waals surface area (Å²) >= 11 is 3.53. The summed E-state index contributed by atoms with van der Waals surface area (Å²) in [5.74, 6) is 0.176. The summed E-state index contributed by atoms with van der Waals surface area (Å²) in [5, 5.41) is 15.7. The number of ether oxygens (including phenoxy) is 1. The third-order valence-corrected chi connectivity index (χ3v) is 6.85. The number of fused-ring (bicyclic) bond motifs is 3. The van der Waals surface area contributed by atoms with Gasteiger partial charge < -0.3 is 30.7 Å². The molecule has 300 valence electrons. The van der Waals surface area contributed by atoms with Gasteiger partial charge in [0.2, 0.25) is 0 Å². The molecule has 1 atom stereocenters. The molecule has 1 aliphatic heterocycles. The standard InChI is InChI=1S/C16H16O.C9H9N.C7H8.C4H6N2.C2H4O2.C2H6.CH5N.CH4O.CH4S.2CH4/c1-10-4-6-13-12(3)14-7-5-11(2)9-16(14)17-15(13)8-10;1-7-6-10-9-5-3-2-4-8(7)9;1-7-5-3-2-4-6-7;1-4-2-5-3-6-4;1-2(3)4;4*1-2;;/h4-9,15H,1-3H3;2-6,10H,1H3;2-6H,1H3;2-3H,1H3,(H,5,6);1H3,(H,3,4);1-2H3;2H2,1H3;2*2H,1H3;2*1H4. The maximum atomic E-state index is 9.00. The highest BCUT2D eigenvalue weighted by atomic mass is 32.1. The minimum absolute atomic E-state index is 0. The molecule has 1 aliphatic carbocycles. The zero-order valence-electron chi connectivity index (χ0n) is 33.2. The Bertz CT molecular complexity index is 1740. The van der Waals surface area contributed by atoms with E-state index in [9.17, 15) is 0 Å². The van der Waals surface area contributed by atoms with E-state index in [4.69, 9.17) is 19.7 Å². The summed E-state index contributed by atoms with van der Waals surface area (Å²) in [6.07, 6.45) is 13.8. The number of nitrogens with one attached hydrogen (secondary N) is 2. The Morgan fingerprint density at radius 1 is 0.815 bits per heavy atom. The van der Waals surface area contributed by atoms with Crippen molar-refractivity contribution in [3.63, 3.8) is 0 Å². The number of nitrogens with two attached hydrogens (primary N) is 1. The molecule has 7 rings (SSSR count). The minimum Gasteiger partial charge on any atom is -0.481 e. The van der Waals surface area contributed by atoms with Crippen LogP contribution >= 0.6 is 12.6 Å². The number of hydrogen-bond donors (Lipinski definition) is 6. The maximum absolute atomic E-state index is 9.00. The number of aliphatic hydroxyl groups excluding tert-OH is 1. The molecule has 0 saturated heterocycles. The fraction of sp³-hybridized carbons (Fsp3) is 0.333. The van der Waals surface area contributed by atoms with Gasteiger partial charge in [0.15, 0.2) is 0 Å². The highest BCUT2D eigenvalue weighted by molar-refractivity contribution is 7.79. The van der Waals surface area contributed by atoms with Gasteiger partial charge in [-0.2, -0.15) is 12.6 Å². The smallest absolute Gasteiger partial charge is 0.300 e. The predicted molar refractivity (Wildman–Crippen MR) is 240 cm³/mol. The van der Waals surface area contributed by atoms with Crippen LogP contribution in [0.25, 0.3) is 16.5 Å². The minimum atomic E-state index is -0.833. The molecule has 0 bridgehead atoms. The van der Waals surface area contributed by atoms with Crippen molar-refractivity contribution in [2.75, 3.05) is 20.4 Å². The molecule has 3 aromatic carbocycles. The third kappa shape index (κ3) is 21.6. The molecule has 0 spiro atoms. The second kappa shape index (κ2) is 34.0. The molecule has 8 nitrogen and oxygen atoms in total. The van der Waals surface area contributed by atoms with Crippen molar-refractivity contribution in [1.82, 2.24) is 15.0 Å². The fourth-order valence-corrected chi connectivity index (χ4v) is 4.54. The van der Waals surface area contributed by atoms with Gasteiger partial charge in [-0.05, 0) is 95.3 Å². The molecule has 5 aromatic rings. The van der Waals surface area contributed by atoms with Crippen LogP contribution in [-0.4, -0.2) is 57.7 Å². The summed E-state index contributed by atoms with van der Waals surface area (Å²) in [7, 11) is 2.50. The topological polar surface area (TPSA) is 137 Å². The van der Waals surface area contributed by atoms with E-state index in [0.29, 0.717) is 0 Å². The first-order chi connectivity index (χ1) is 25.0. The number of thiol groups is 1. The van der Waals surface area contributed by atoms with E-state index in [1.807, 2.05) is 51.2 Å². The largest absolute Gasteiger partial charge is 0.481 e. The van der Waals surface area contributed by atoms with Crippen molar-refractivity contribution in [1.29, 1.82) is 0 Å². The van der Waals surface area contributed by atoms with Crippen LogP contribution < -0.4 is 10.5 Å². The SMILES string of the molecule is C.C.CC.CC(=O)O.CC1=CC2Oc3cc(C)ccc3C(C)=C2C=C1.CN.CO.CS.Cc1c[nH]c2ccccc12.Cc1ccccc1.Cc1cnc[nH]1. The Hall–Kier alpha value is -4.83. The first-order valence-corrected chi connectivity index (χ1v) is 18.0. The average Bonchev–Trinajstić information content (AvgIpc) is 3.80. The number of allylic oxidation sites excluding steroid dienone is 3. The van der Waals surface area contributed by atoms with Crippen LogP contribution in [0.4, 0.5) is 0 Å². The van der Waals surface area contributed by atoms with Crippen molar-refractivity contribution in [3.8, 4) is 5.75 Å². The van der Waals surface area contributed by atoms with Gasteiger partial charge in [-0.3, -0.25) is 4.79 Å². The lowest BCUT2D eigenvalue weighted by Crippen LogP contribution is -2.23. The molecule has 2 aliphatic rings. The van der Waals surface area contributed by atoms with Crippen molar-refractivity contribution in [2.45, 2.75) is 83.3 Å². The zero-order valence-corrected chi connectivity index (χ0v) is 34.0. The van der Waals surface area contributed by atoms with Gasteiger partial charge in [0, 0.05) is 48.6 Å². The lowest BCUT2D eigenvalue weighted by Gasteiger charge is -2.29. The number of carboxylic acid groups (broad SMARTS) is 1. The molecule has 3 heterocycles. The van der Waals surface area contributed by atoms with Crippen LogP contribution in [0.1, 0.15) is 77.4 Å². The van der Waals surface area contributed by atoms with Gasteiger partial charge in [-0.25, -0.2) is 4.98 Å². The van der Waals surface area contributed by atoms with Crippen LogP contribution in [0.2, 0.25) is 0 Å². The number of aromatic amines is 2. The summed E-state index contributed by atoms with van der Waals surface area (Å²) in [6.45, 7) is 17.6. The van der Waals surface area contributed by atoms with Gasteiger partial charge in [-0.15, -0.1) is 0 Å². The van der Waals surface area contributed by atoms with Crippen molar-refractivity contribution < 1.29 is 19.7 Å². The van der Waals surface area contributed by atoms with Crippen LogP contribution in [0.3, 0.4) is 0 Å². The third-order valence-electron chi connectivity index (χ3n) is 6.85. The van der Waals surface area contributed by atoms with E-state index in [0.717, 1.165) is 25.5 Å². The molecule has 54 heavy (non-hydrogen) atoms. The second-order valence-corrected chi connectivity index (χ2v) is 10.8. The number of aryl methyl sites for hydroxylation is 4. The molecular weight excluding hydrogens is 693 g/mol. The molecule has 0 amide bonds. The van der Waals surface area contributed by atoms with Crippen molar-refractivity contribution in [2.24, 2.45) is 5.73 Å². The Balaban J connectivity index is -0.000000294. The number of H-pyrrole nitrogens is 2. The van der Waals surface area contributed by atoms with E-state index < -0.39 is 5.97 Å². The molecule has 0 radical (unpaired) electrons. The molecule has 2 aromatic heterocycles. The summed E-state index contributed by atoms with van der Waals surface area (Å²) in [5.41, 5.74) is 15.8. The summed E-state index contributed by atoms with van der Waals surface area (Å²) in [6, 6.07) is 25.0. The molecule has 0 saturated carbocycles. The van der Waals surface area contributed by atoms with Crippen molar-refractivity contribution >= 4 is 35.1 Å².